The van der Waals surface area contributed by atoms with Gasteiger partial charge in [-0.25, -0.2) is 4.98 Å². The molecule has 116 valence electrons. The van der Waals surface area contributed by atoms with Crippen molar-refractivity contribution in [3.05, 3.63) is 72.1 Å². The average Bonchev–Trinajstić information content (AvgIpc) is 3.26. The van der Waals surface area contributed by atoms with E-state index in [0.29, 0.717) is 22.9 Å². The van der Waals surface area contributed by atoms with E-state index in [2.05, 4.69) is 6.07 Å². The molecule has 0 aliphatic carbocycles. The number of nitriles is 1. The van der Waals surface area contributed by atoms with Gasteiger partial charge in [0.15, 0.2) is 11.6 Å². The van der Waals surface area contributed by atoms with Crippen LogP contribution in [0.4, 0.5) is 0 Å². The summed E-state index contributed by atoms with van der Waals surface area (Å²) in [7, 11) is 0. The number of nitrogens with zero attached hydrogens (tertiary/aromatic N) is 3. The Morgan fingerprint density at radius 2 is 1.92 bits per heavy atom. The number of hydrogen-bond donors (Lipinski definition) is 1. The lowest BCUT2D eigenvalue weighted by atomic mass is 10.1. The van der Waals surface area contributed by atoms with Crippen LogP contribution in [0.15, 0.2) is 65.2 Å². The summed E-state index contributed by atoms with van der Waals surface area (Å²) in [5, 5.41) is 18.1. The molecule has 3 heterocycles. The zero-order valence-electron chi connectivity index (χ0n) is 12.7. The van der Waals surface area contributed by atoms with Gasteiger partial charge in [0.25, 0.3) is 0 Å². The topological polar surface area (TPSA) is 74.5 Å². The molecule has 24 heavy (non-hydrogen) atoms. The highest BCUT2D eigenvalue weighted by molar-refractivity contribution is 5.80. The second-order valence-electron chi connectivity index (χ2n) is 5.35. The average molecular weight is 315 g/mol. The van der Waals surface area contributed by atoms with Crippen LogP contribution in [0.25, 0.3) is 28.4 Å². The Hall–Kier alpha value is -3.36. The maximum Gasteiger partial charge on any atom is 0.181 e. The molecule has 0 unspecified atom stereocenters. The second-order valence-corrected chi connectivity index (χ2v) is 5.35. The van der Waals surface area contributed by atoms with Crippen molar-refractivity contribution in [1.29, 1.82) is 5.26 Å². The summed E-state index contributed by atoms with van der Waals surface area (Å²) < 4.78 is 7.59. The van der Waals surface area contributed by atoms with Gasteiger partial charge < -0.3 is 9.52 Å². The van der Waals surface area contributed by atoms with Crippen molar-refractivity contribution >= 4 is 5.52 Å². The molecule has 0 spiro atoms. The largest absolute Gasteiger partial charge is 0.455 e. The smallest absolute Gasteiger partial charge is 0.181 e. The normalized spacial score (nSPS) is 10.8. The van der Waals surface area contributed by atoms with Crippen LogP contribution < -0.4 is 0 Å². The molecule has 0 bridgehead atoms. The summed E-state index contributed by atoms with van der Waals surface area (Å²) in [4.78, 5) is 4.74. The molecule has 0 atom stereocenters. The van der Waals surface area contributed by atoms with Crippen LogP contribution >= 0.6 is 0 Å². The Labute approximate surface area is 138 Å². The van der Waals surface area contributed by atoms with Crippen LogP contribution in [0, 0.1) is 11.3 Å². The molecular formula is C19H13N3O2. The number of benzene rings is 1. The number of imidazole rings is 1. The molecule has 0 saturated heterocycles. The minimum absolute atomic E-state index is 0.147. The van der Waals surface area contributed by atoms with Crippen LogP contribution in [0.1, 0.15) is 11.3 Å². The number of hydrogen-bond acceptors (Lipinski definition) is 4. The van der Waals surface area contributed by atoms with Crippen molar-refractivity contribution in [2.45, 2.75) is 6.61 Å². The van der Waals surface area contributed by atoms with Gasteiger partial charge in [0.1, 0.15) is 12.4 Å². The minimum Gasteiger partial charge on any atom is -0.455 e. The molecule has 4 aromatic rings. The first-order valence-electron chi connectivity index (χ1n) is 7.47. The molecule has 0 aliphatic rings. The van der Waals surface area contributed by atoms with Gasteiger partial charge in [-0.05, 0) is 36.4 Å². The summed E-state index contributed by atoms with van der Waals surface area (Å²) in [6, 6.07) is 18.9. The summed E-state index contributed by atoms with van der Waals surface area (Å²) in [6.45, 7) is -0.147. The SMILES string of the molecule is N#Cc1ccc(-c2nc(-c3ccc(CO)o3)n3ccccc23)cc1. The van der Waals surface area contributed by atoms with E-state index in [9.17, 15) is 5.11 Å². The van der Waals surface area contributed by atoms with E-state index in [1.807, 2.05) is 40.9 Å². The van der Waals surface area contributed by atoms with E-state index in [-0.39, 0.29) is 6.61 Å². The monoisotopic (exact) mass is 315 g/mol. The van der Waals surface area contributed by atoms with Crippen LogP contribution in [-0.4, -0.2) is 14.5 Å². The fourth-order valence-corrected chi connectivity index (χ4v) is 2.71. The van der Waals surface area contributed by atoms with Crippen molar-refractivity contribution < 1.29 is 9.52 Å². The van der Waals surface area contributed by atoms with Gasteiger partial charge in [-0.2, -0.15) is 5.26 Å². The number of furan rings is 1. The Morgan fingerprint density at radius 1 is 1.08 bits per heavy atom. The summed E-state index contributed by atoms with van der Waals surface area (Å²) in [5.41, 5.74) is 3.30. The zero-order valence-corrected chi connectivity index (χ0v) is 12.7. The number of rotatable bonds is 3. The molecule has 1 N–H and O–H groups in total. The maximum atomic E-state index is 9.20. The Kier molecular flexibility index (Phi) is 3.38. The van der Waals surface area contributed by atoms with E-state index in [1.165, 1.54) is 0 Å². The summed E-state index contributed by atoms with van der Waals surface area (Å²) in [6.07, 6.45) is 1.92. The molecule has 0 fully saturated rings. The van der Waals surface area contributed by atoms with Crippen molar-refractivity contribution in [1.82, 2.24) is 9.38 Å². The number of fused-ring (bicyclic) bond motifs is 1. The molecule has 0 amide bonds. The highest BCUT2D eigenvalue weighted by Crippen LogP contribution is 2.30. The van der Waals surface area contributed by atoms with Gasteiger partial charge in [-0.15, -0.1) is 0 Å². The van der Waals surface area contributed by atoms with Crippen molar-refractivity contribution in [2.75, 3.05) is 0 Å². The lowest BCUT2D eigenvalue weighted by Crippen LogP contribution is -1.86. The molecule has 3 aromatic heterocycles. The zero-order chi connectivity index (χ0) is 16.5. The third kappa shape index (κ3) is 2.26. The highest BCUT2D eigenvalue weighted by Gasteiger charge is 2.16. The predicted molar refractivity (Wildman–Crippen MR) is 89.0 cm³/mol. The molecular weight excluding hydrogens is 302 g/mol. The fraction of sp³-hybridized carbons (Fsp3) is 0.0526. The molecule has 5 heteroatoms. The lowest BCUT2D eigenvalue weighted by molar-refractivity contribution is 0.248. The van der Waals surface area contributed by atoms with Gasteiger partial charge in [0.05, 0.1) is 22.8 Å². The number of aliphatic hydroxyl groups excluding tert-OH is 1. The third-order valence-corrected chi connectivity index (χ3v) is 3.87. The number of pyridine rings is 1. The van der Waals surface area contributed by atoms with Crippen LogP contribution in [0.3, 0.4) is 0 Å². The number of aromatic nitrogens is 2. The molecule has 0 radical (unpaired) electrons. The van der Waals surface area contributed by atoms with Crippen LogP contribution in [0.5, 0.6) is 0 Å². The van der Waals surface area contributed by atoms with Gasteiger partial charge in [-0.3, -0.25) is 4.40 Å². The van der Waals surface area contributed by atoms with Crippen molar-refractivity contribution in [2.24, 2.45) is 0 Å². The molecule has 1 aromatic carbocycles. The highest BCUT2D eigenvalue weighted by atomic mass is 16.4. The quantitative estimate of drug-likeness (QED) is 0.626. The van der Waals surface area contributed by atoms with E-state index in [1.54, 1.807) is 24.3 Å². The first-order chi connectivity index (χ1) is 11.8. The van der Waals surface area contributed by atoms with E-state index < -0.39 is 0 Å². The Bertz CT molecular complexity index is 1050. The summed E-state index contributed by atoms with van der Waals surface area (Å²) >= 11 is 0. The Morgan fingerprint density at radius 3 is 2.62 bits per heavy atom. The molecule has 0 saturated carbocycles. The molecule has 0 aliphatic heterocycles. The van der Waals surface area contributed by atoms with Crippen LogP contribution in [-0.2, 0) is 6.61 Å². The van der Waals surface area contributed by atoms with Crippen LogP contribution in [0.2, 0.25) is 0 Å². The Balaban J connectivity index is 1.92. The maximum absolute atomic E-state index is 9.20. The first kappa shape index (κ1) is 14.2. The third-order valence-electron chi connectivity index (χ3n) is 3.87. The standard InChI is InChI=1S/C19H13N3O2/c20-11-13-4-6-14(7-5-13)18-16-3-1-2-10-22(16)19(21-18)17-9-8-15(12-23)24-17/h1-10,23H,12H2. The van der Waals surface area contributed by atoms with E-state index in [0.717, 1.165) is 16.8 Å². The molecule has 5 nitrogen and oxygen atoms in total. The fourth-order valence-electron chi connectivity index (χ4n) is 2.71. The second kappa shape index (κ2) is 5.69. The van der Waals surface area contributed by atoms with Gasteiger partial charge in [0, 0.05) is 11.8 Å². The number of aliphatic hydroxyl groups is 1. The molecule has 4 rings (SSSR count). The van der Waals surface area contributed by atoms with Gasteiger partial charge >= 0.3 is 0 Å². The summed E-state index contributed by atoms with van der Waals surface area (Å²) in [5.74, 6) is 1.77. The van der Waals surface area contributed by atoms with E-state index >= 15 is 0 Å². The lowest BCUT2D eigenvalue weighted by Gasteiger charge is -1.99. The van der Waals surface area contributed by atoms with Gasteiger partial charge in [0.2, 0.25) is 0 Å². The van der Waals surface area contributed by atoms with Crippen molar-refractivity contribution in [3.63, 3.8) is 0 Å². The van der Waals surface area contributed by atoms with E-state index in [4.69, 9.17) is 14.7 Å². The van der Waals surface area contributed by atoms with Gasteiger partial charge in [-0.1, -0.05) is 18.2 Å². The van der Waals surface area contributed by atoms with Crippen molar-refractivity contribution in [3.8, 4) is 28.9 Å². The predicted octanol–water partition coefficient (Wildman–Crippen LogP) is 3.63. The first-order valence-corrected chi connectivity index (χ1v) is 7.47. The minimum atomic E-state index is -0.147.